The van der Waals surface area contributed by atoms with Crippen molar-refractivity contribution in [2.45, 2.75) is 19.6 Å². The predicted molar refractivity (Wildman–Crippen MR) is 64.2 cm³/mol. The Kier molecular flexibility index (Phi) is 3.94. The fraction of sp³-hybridized carbons (Fsp3) is 0.385. The minimum absolute atomic E-state index is 0.178. The summed E-state index contributed by atoms with van der Waals surface area (Å²) in [5, 5.41) is 2.98. The van der Waals surface area contributed by atoms with Gasteiger partial charge in [0.25, 0.3) is 0 Å². The molecule has 2 rings (SSSR count). The maximum absolute atomic E-state index is 11.7. The van der Waals surface area contributed by atoms with Gasteiger partial charge < -0.3 is 9.47 Å². The molecule has 18 heavy (non-hydrogen) atoms. The third kappa shape index (κ3) is 2.87. The van der Waals surface area contributed by atoms with Crippen molar-refractivity contribution < 1.29 is 19.1 Å². The maximum atomic E-state index is 11.7. The lowest BCUT2D eigenvalue weighted by atomic mass is 10.1. The number of rotatable bonds is 4. The van der Waals surface area contributed by atoms with Crippen LogP contribution in [0.2, 0.25) is 0 Å². The molecule has 0 bridgehead atoms. The fourth-order valence-corrected chi connectivity index (χ4v) is 1.52. The molecule has 0 aromatic heterocycles. The number of hydrogen-bond donors (Lipinski definition) is 1. The molecule has 0 amide bonds. The lowest BCUT2D eigenvalue weighted by Gasteiger charge is -2.26. The molecule has 1 N–H and O–H groups in total. The molecule has 1 atom stereocenters. The van der Waals surface area contributed by atoms with Gasteiger partial charge in [-0.15, -0.1) is 0 Å². The Balaban J connectivity index is 1.97. The molecular weight excluding hydrogens is 234 g/mol. The first kappa shape index (κ1) is 12.6. The van der Waals surface area contributed by atoms with Crippen LogP contribution in [0.5, 0.6) is 0 Å². The van der Waals surface area contributed by atoms with Crippen LogP contribution in [0.3, 0.4) is 0 Å². The van der Waals surface area contributed by atoms with E-state index in [4.69, 9.17) is 9.47 Å². The van der Waals surface area contributed by atoms with Gasteiger partial charge in [0.05, 0.1) is 17.7 Å². The molecule has 0 saturated carbocycles. The number of esters is 2. The molecule has 1 unspecified atom stereocenters. The van der Waals surface area contributed by atoms with E-state index in [2.05, 4.69) is 5.32 Å². The first-order valence-electron chi connectivity index (χ1n) is 5.92. The van der Waals surface area contributed by atoms with Crippen LogP contribution in [0.25, 0.3) is 0 Å². The highest BCUT2D eigenvalue weighted by Crippen LogP contribution is 2.11. The van der Waals surface area contributed by atoms with Gasteiger partial charge in [0.15, 0.2) is 6.23 Å². The molecule has 1 aliphatic heterocycles. The standard InChI is InChI=1S/C13H15NO4/c1-2-17-12(15)9-3-5-10(6-4-9)13(16)18-11-7-8-14-11/h3-6,11,14H,2,7-8H2,1H3. The summed E-state index contributed by atoms with van der Waals surface area (Å²) < 4.78 is 10.0. The smallest absolute Gasteiger partial charge is 0.339 e. The van der Waals surface area contributed by atoms with Gasteiger partial charge in [0.2, 0.25) is 0 Å². The van der Waals surface area contributed by atoms with E-state index < -0.39 is 5.97 Å². The second kappa shape index (κ2) is 5.64. The van der Waals surface area contributed by atoms with E-state index in [9.17, 15) is 9.59 Å². The molecule has 1 aliphatic rings. The monoisotopic (exact) mass is 249 g/mol. The molecule has 5 heteroatoms. The Labute approximate surface area is 105 Å². The summed E-state index contributed by atoms with van der Waals surface area (Å²) in [7, 11) is 0. The molecule has 1 fully saturated rings. The zero-order chi connectivity index (χ0) is 13.0. The van der Waals surface area contributed by atoms with E-state index >= 15 is 0 Å². The Morgan fingerprint density at radius 3 is 2.22 bits per heavy atom. The lowest BCUT2D eigenvalue weighted by molar-refractivity contribution is 0.000487. The molecule has 1 aromatic rings. The molecule has 1 saturated heterocycles. The summed E-state index contributed by atoms with van der Waals surface area (Å²) in [4.78, 5) is 23.1. The quantitative estimate of drug-likeness (QED) is 0.816. The average molecular weight is 249 g/mol. The summed E-state index contributed by atoms with van der Waals surface area (Å²) in [6, 6.07) is 6.24. The van der Waals surface area contributed by atoms with Crippen LogP contribution >= 0.6 is 0 Å². The van der Waals surface area contributed by atoms with Crippen molar-refractivity contribution in [3.05, 3.63) is 35.4 Å². The van der Waals surface area contributed by atoms with E-state index in [1.807, 2.05) is 0 Å². The Morgan fingerprint density at radius 1 is 1.22 bits per heavy atom. The topological polar surface area (TPSA) is 64.6 Å². The molecular formula is C13H15NO4. The second-order valence-electron chi connectivity index (χ2n) is 3.93. The van der Waals surface area contributed by atoms with Crippen LogP contribution in [0.1, 0.15) is 34.1 Å². The van der Waals surface area contributed by atoms with Crippen molar-refractivity contribution in [1.29, 1.82) is 0 Å². The normalized spacial score (nSPS) is 17.7. The molecule has 0 spiro atoms. The highest BCUT2D eigenvalue weighted by molar-refractivity contribution is 5.93. The summed E-state index contributed by atoms with van der Waals surface area (Å²) in [5.41, 5.74) is 0.854. The number of carbonyl (C=O) groups is 2. The Hall–Kier alpha value is -1.88. The van der Waals surface area contributed by atoms with Crippen molar-refractivity contribution in [1.82, 2.24) is 5.32 Å². The largest absolute Gasteiger partial charge is 0.462 e. The molecule has 5 nitrogen and oxygen atoms in total. The van der Waals surface area contributed by atoms with Gasteiger partial charge in [0, 0.05) is 13.0 Å². The van der Waals surface area contributed by atoms with Crippen molar-refractivity contribution in [2.75, 3.05) is 13.2 Å². The van der Waals surface area contributed by atoms with Crippen LogP contribution in [-0.2, 0) is 9.47 Å². The Morgan fingerprint density at radius 2 is 1.78 bits per heavy atom. The van der Waals surface area contributed by atoms with Gasteiger partial charge in [0.1, 0.15) is 0 Å². The molecule has 0 aliphatic carbocycles. The number of hydrogen-bond acceptors (Lipinski definition) is 5. The zero-order valence-corrected chi connectivity index (χ0v) is 10.1. The van der Waals surface area contributed by atoms with Crippen LogP contribution in [0.4, 0.5) is 0 Å². The average Bonchev–Trinajstić information content (AvgIpc) is 2.34. The van der Waals surface area contributed by atoms with Crippen molar-refractivity contribution in [2.24, 2.45) is 0 Å². The van der Waals surface area contributed by atoms with E-state index in [0.717, 1.165) is 13.0 Å². The maximum Gasteiger partial charge on any atom is 0.339 e. The molecule has 1 aromatic carbocycles. The minimum atomic E-state index is -0.391. The SMILES string of the molecule is CCOC(=O)c1ccc(C(=O)OC2CCN2)cc1. The predicted octanol–water partition coefficient (Wildman–Crippen LogP) is 1.34. The van der Waals surface area contributed by atoms with Gasteiger partial charge >= 0.3 is 11.9 Å². The molecule has 0 radical (unpaired) electrons. The fourth-order valence-electron chi connectivity index (χ4n) is 1.52. The second-order valence-corrected chi connectivity index (χ2v) is 3.93. The Bertz CT molecular complexity index is 437. The van der Waals surface area contributed by atoms with Crippen LogP contribution < -0.4 is 5.32 Å². The molecule has 1 heterocycles. The van der Waals surface area contributed by atoms with E-state index in [-0.39, 0.29) is 12.2 Å². The number of benzene rings is 1. The van der Waals surface area contributed by atoms with Gasteiger partial charge in [-0.1, -0.05) is 0 Å². The van der Waals surface area contributed by atoms with Gasteiger partial charge in [-0.3, -0.25) is 5.32 Å². The van der Waals surface area contributed by atoms with Crippen molar-refractivity contribution in [3.8, 4) is 0 Å². The summed E-state index contributed by atoms with van der Waals surface area (Å²) in [6.07, 6.45) is 0.661. The van der Waals surface area contributed by atoms with Crippen LogP contribution in [0.15, 0.2) is 24.3 Å². The van der Waals surface area contributed by atoms with Crippen LogP contribution in [0, 0.1) is 0 Å². The zero-order valence-electron chi connectivity index (χ0n) is 10.1. The molecule has 96 valence electrons. The highest BCUT2D eigenvalue weighted by atomic mass is 16.6. The van der Waals surface area contributed by atoms with E-state index in [1.165, 1.54) is 0 Å². The van der Waals surface area contributed by atoms with Gasteiger partial charge in [-0.25, -0.2) is 9.59 Å². The minimum Gasteiger partial charge on any atom is -0.462 e. The van der Waals surface area contributed by atoms with Crippen LogP contribution in [-0.4, -0.2) is 31.3 Å². The summed E-state index contributed by atoms with van der Waals surface area (Å²) in [6.45, 7) is 2.95. The summed E-state index contributed by atoms with van der Waals surface area (Å²) >= 11 is 0. The van der Waals surface area contributed by atoms with Crippen molar-refractivity contribution in [3.63, 3.8) is 0 Å². The lowest BCUT2D eigenvalue weighted by Crippen LogP contribution is -2.45. The van der Waals surface area contributed by atoms with E-state index in [1.54, 1.807) is 31.2 Å². The highest BCUT2D eigenvalue weighted by Gasteiger charge is 2.21. The number of ether oxygens (including phenoxy) is 2. The first-order chi connectivity index (χ1) is 8.70. The summed E-state index contributed by atoms with van der Waals surface area (Å²) in [5.74, 6) is -0.777. The number of nitrogens with one attached hydrogen (secondary N) is 1. The van der Waals surface area contributed by atoms with E-state index in [0.29, 0.717) is 17.7 Å². The van der Waals surface area contributed by atoms with Crippen molar-refractivity contribution >= 4 is 11.9 Å². The first-order valence-corrected chi connectivity index (χ1v) is 5.92. The third-order valence-electron chi connectivity index (χ3n) is 2.66. The third-order valence-corrected chi connectivity index (χ3v) is 2.66. The number of carbonyl (C=O) groups excluding carboxylic acids is 2. The van der Waals surface area contributed by atoms with Gasteiger partial charge in [-0.2, -0.15) is 0 Å². The van der Waals surface area contributed by atoms with Gasteiger partial charge in [-0.05, 0) is 31.2 Å².